The highest BCUT2D eigenvalue weighted by atomic mass is 79.9. The van der Waals surface area contributed by atoms with E-state index in [9.17, 15) is 0 Å². The molecule has 0 heterocycles. The van der Waals surface area contributed by atoms with Crippen LogP contribution in [-0.2, 0) is 4.74 Å². The van der Waals surface area contributed by atoms with Gasteiger partial charge in [-0.1, -0.05) is 12.7 Å². The number of nitrogens with zero attached hydrogens (tertiary/aromatic N) is 1. The Morgan fingerprint density at radius 3 is 2.36 bits per heavy atom. The van der Waals surface area contributed by atoms with Gasteiger partial charge in [0.1, 0.15) is 19.5 Å². The van der Waals surface area contributed by atoms with E-state index in [2.05, 4.69) is 37.8 Å². The van der Waals surface area contributed by atoms with Gasteiger partial charge in [0, 0.05) is 14.1 Å². The molecule has 84 valence electrons. The Morgan fingerprint density at radius 1 is 1.43 bits per heavy atom. The molecule has 0 N–H and O–H groups in total. The molecule has 0 spiro atoms. The summed E-state index contributed by atoms with van der Waals surface area (Å²) in [5.41, 5.74) is 0. The second-order valence-electron chi connectivity index (χ2n) is 3.27. The molecule has 0 amide bonds. The molecule has 0 fully saturated rings. The van der Waals surface area contributed by atoms with Crippen molar-refractivity contribution in [1.29, 1.82) is 0 Å². The summed E-state index contributed by atoms with van der Waals surface area (Å²) in [5, 5.41) is 0. The molecule has 0 aliphatic carbocycles. The molecule has 4 heteroatoms. The van der Waals surface area contributed by atoms with E-state index >= 15 is 0 Å². The maximum Gasteiger partial charge on any atom is 0.119 e. The average molecular weight is 282 g/mol. The van der Waals surface area contributed by atoms with Crippen molar-refractivity contribution in [2.24, 2.45) is 0 Å². The number of hydrogen-bond donors (Lipinski definition) is 0. The zero-order chi connectivity index (χ0) is 10.3. The normalized spacial score (nSPS) is 14.9. The molecule has 0 rings (SSSR count). The molecule has 0 aromatic heterocycles. The van der Waals surface area contributed by atoms with E-state index in [1.807, 2.05) is 19.3 Å². The molecule has 0 radical (unpaired) electrons. The third kappa shape index (κ3) is 5.79. The minimum absolute atomic E-state index is 0. The Labute approximate surface area is 99.2 Å². The molecule has 1 unspecified atom stereocenters. The van der Waals surface area contributed by atoms with Crippen molar-refractivity contribution in [2.45, 2.75) is 6.92 Å². The number of ether oxygens (including phenoxy) is 1. The van der Waals surface area contributed by atoms with Gasteiger partial charge in [0.15, 0.2) is 0 Å². The highest BCUT2D eigenvalue weighted by molar-refractivity contribution is 7.76. The fraction of sp³-hybridized carbons (Fsp3) is 0.600. The largest absolute Gasteiger partial charge is 1.00 e. The Hall–Kier alpha value is 0.150. The highest BCUT2D eigenvalue weighted by Gasteiger charge is 2.30. The van der Waals surface area contributed by atoms with E-state index in [0.717, 1.165) is 12.8 Å². The second-order valence-corrected chi connectivity index (χ2v) is 7.16. The summed E-state index contributed by atoms with van der Waals surface area (Å²) in [4.78, 5) is 0. The topological polar surface area (TPSA) is 12.5 Å². The van der Waals surface area contributed by atoms with Crippen LogP contribution in [0.2, 0.25) is 0 Å². The summed E-state index contributed by atoms with van der Waals surface area (Å²) < 4.78 is 7.48. The van der Waals surface area contributed by atoms with Crippen LogP contribution in [0.25, 0.3) is 0 Å². The molecule has 2 nitrogen and oxygen atoms in total. The number of halogens is 1. The van der Waals surface area contributed by atoms with Gasteiger partial charge in [-0.05, 0) is 6.92 Å². The third-order valence-corrected chi connectivity index (χ3v) is 5.65. The van der Waals surface area contributed by atoms with E-state index in [4.69, 9.17) is 4.74 Å². The minimum Gasteiger partial charge on any atom is -1.00 e. The van der Waals surface area contributed by atoms with Crippen LogP contribution in [0.15, 0.2) is 24.7 Å². The van der Waals surface area contributed by atoms with Crippen molar-refractivity contribution < 1.29 is 21.7 Å². The van der Waals surface area contributed by atoms with Crippen LogP contribution in [0.3, 0.4) is 0 Å². The molecule has 0 aliphatic heterocycles. The summed E-state index contributed by atoms with van der Waals surface area (Å²) in [6.45, 7) is 8.77. The summed E-state index contributed by atoms with van der Waals surface area (Å²) in [5.74, 6) is 2.18. The quantitative estimate of drug-likeness (QED) is 0.380. The van der Waals surface area contributed by atoms with Crippen LogP contribution in [-0.4, -0.2) is 38.2 Å². The molecule has 0 aromatic carbocycles. The van der Waals surface area contributed by atoms with Gasteiger partial charge in [0.2, 0.25) is 0 Å². The van der Waals surface area contributed by atoms with Gasteiger partial charge in [0.05, 0.1) is 19.4 Å². The number of hydrogen-bond acceptors (Lipinski definition) is 2. The lowest BCUT2D eigenvalue weighted by Crippen LogP contribution is -3.00. The number of allylic oxidation sites excluding steroid dienone is 1. The lowest BCUT2D eigenvalue weighted by Gasteiger charge is -2.23. The second kappa shape index (κ2) is 8.46. The summed E-state index contributed by atoms with van der Waals surface area (Å²) in [6.07, 6.45) is 4.82. The van der Waals surface area contributed by atoms with E-state index < -0.39 is 7.41 Å². The Morgan fingerprint density at radius 2 is 2.00 bits per heavy atom. The fourth-order valence-corrected chi connectivity index (χ4v) is 2.48. The first-order valence-electron chi connectivity index (χ1n) is 4.50. The minimum atomic E-state index is -1.16. The first kappa shape index (κ1) is 16.6. The molecule has 0 saturated heterocycles. The third-order valence-electron chi connectivity index (χ3n) is 2.06. The number of rotatable bonds is 6. The van der Waals surface area contributed by atoms with Gasteiger partial charge in [0.25, 0.3) is 0 Å². The molecule has 0 bridgehead atoms. The highest BCUT2D eigenvalue weighted by Crippen LogP contribution is 2.58. The van der Waals surface area contributed by atoms with Crippen LogP contribution in [0, 0.1) is 0 Å². The van der Waals surface area contributed by atoms with Crippen LogP contribution in [0.1, 0.15) is 6.92 Å². The maximum atomic E-state index is 5.21. The Kier molecular flexibility index (Phi) is 10.0. The SMILES string of the molecule is C=CC[P+](C)(/C=C/OCC)N(C)C.[Br-]. The van der Waals surface area contributed by atoms with Crippen LogP contribution < -0.4 is 17.0 Å². The van der Waals surface area contributed by atoms with Crippen LogP contribution in [0.4, 0.5) is 0 Å². The lowest BCUT2D eigenvalue weighted by molar-refractivity contribution is -0.00000360. The van der Waals surface area contributed by atoms with Crippen molar-refractivity contribution in [1.82, 2.24) is 4.67 Å². The van der Waals surface area contributed by atoms with Crippen molar-refractivity contribution in [3.63, 3.8) is 0 Å². The van der Waals surface area contributed by atoms with E-state index in [0.29, 0.717) is 0 Å². The summed E-state index contributed by atoms with van der Waals surface area (Å²) in [7, 11) is 3.05. The maximum absolute atomic E-state index is 5.21. The Balaban J connectivity index is 0. The first-order valence-corrected chi connectivity index (χ1v) is 6.94. The molecule has 0 aliphatic rings. The van der Waals surface area contributed by atoms with Crippen molar-refractivity contribution >= 4 is 7.41 Å². The predicted molar refractivity (Wildman–Crippen MR) is 62.4 cm³/mol. The first-order chi connectivity index (χ1) is 6.06. The zero-order valence-electron chi connectivity index (χ0n) is 9.53. The molecule has 0 saturated carbocycles. The monoisotopic (exact) mass is 281 g/mol. The molecular weight excluding hydrogens is 261 g/mol. The van der Waals surface area contributed by atoms with Gasteiger partial charge in [-0.3, -0.25) is 0 Å². The van der Waals surface area contributed by atoms with Gasteiger partial charge < -0.3 is 21.7 Å². The summed E-state index contributed by atoms with van der Waals surface area (Å²) >= 11 is 0. The molecule has 1 atom stereocenters. The van der Waals surface area contributed by atoms with Crippen LogP contribution in [0.5, 0.6) is 0 Å². The van der Waals surface area contributed by atoms with E-state index in [-0.39, 0.29) is 17.0 Å². The van der Waals surface area contributed by atoms with Crippen LogP contribution >= 0.6 is 7.41 Å². The zero-order valence-corrected chi connectivity index (χ0v) is 12.0. The van der Waals surface area contributed by atoms with E-state index in [1.165, 1.54) is 0 Å². The van der Waals surface area contributed by atoms with Gasteiger partial charge in [-0.15, -0.1) is 0 Å². The van der Waals surface area contributed by atoms with Gasteiger partial charge in [-0.25, -0.2) is 0 Å². The molecular formula is C10H21BrNOP. The predicted octanol–water partition coefficient (Wildman–Crippen LogP) is -0.192. The lowest BCUT2D eigenvalue weighted by atomic mass is 10.8. The van der Waals surface area contributed by atoms with E-state index in [1.54, 1.807) is 0 Å². The summed E-state index contributed by atoms with van der Waals surface area (Å²) in [6, 6.07) is 0. The van der Waals surface area contributed by atoms with Gasteiger partial charge in [-0.2, -0.15) is 4.67 Å². The molecule has 0 aromatic rings. The van der Waals surface area contributed by atoms with Crippen molar-refractivity contribution in [3.8, 4) is 0 Å². The van der Waals surface area contributed by atoms with Crippen molar-refractivity contribution in [3.05, 3.63) is 24.7 Å². The molecule has 14 heavy (non-hydrogen) atoms. The van der Waals surface area contributed by atoms with Crippen molar-refractivity contribution in [2.75, 3.05) is 33.5 Å². The smallest absolute Gasteiger partial charge is 0.119 e. The average Bonchev–Trinajstić information content (AvgIpc) is 2.05. The Bertz CT molecular complexity index is 185. The van der Waals surface area contributed by atoms with Gasteiger partial charge >= 0.3 is 0 Å². The fourth-order valence-electron chi connectivity index (χ4n) is 0.889. The standard InChI is InChI=1S/C10H21NOP.BrH/c1-6-9-13(5,11(3)4)10-8-12-7-2;/h6,8,10H,1,7,9H2,2-5H3;1H/q+1;/p-1/b10-8+;.